The van der Waals surface area contributed by atoms with E-state index in [1.807, 2.05) is 19.4 Å². The van der Waals surface area contributed by atoms with Gasteiger partial charge in [-0.3, -0.25) is 5.32 Å². The molecule has 1 aliphatic heterocycles. The van der Waals surface area contributed by atoms with Crippen LogP contribution in [-0.2, 0) is 11.8 Å². The predicted octanol–water partition coefficient (Wildman–Crippen LogP) is 2.34. The second kappa shape index (κ2) is 5.86. The van der Waals surface area contributed by atoms with Gasteiger partial charge >= 0.3 is 0 Å². The van der Waals surface area contributed by atoms with Gasteiger partial charge in [-0.2, -0.15) is 0 Å². The lowest BCUT2D eigenvalue weighted by Gasteiger charge is -2.28. The fraction of sp³-hybridized carbons (Fsp3) is 0.500. The van der Waals surface area contributed by atoms with Crippen LogP contribution in [0.25, 0.3) is 0 Å². The highest BCUT2D eigenvalue weighted by atomic mass is 32.1. The van der Waals surface area contributed by atoms with Crippen molar-refractivity contribution >= 4 is 11.3 Å². The van der Waals surface area contributed by atoms with Crippen LogP contribution in [-0.4, -0.2) is 28.8 Å². The molecule has 0 aromatic carbocycles. The van der Waals surface area contributed by atoms with Gasteiger partial charge in [-0.15, -0.1) is 11.3 Å². The lowest BCUT2D eigenvalue weighted by molar-refractivity contribution is 0.0676. The average molecular weight is 277 g/mol. The third-order valence-corrected chi connectivity index (χ3v) is 4.44. The number of nitrogens with zero attached hydrogens (tertiary/aromatic N) is 2. The molecule has 2 aromatic rings. The molecule has 2 unspecified atom stereocenters. The molecule has 2 aromatic heterocycles. The Hall–Kier alpha value is -1.17. The SMILES string of the molecule is Cn1ccnc1C(NC1CCCOC1)c1cccs1. The Morgan fingerprint density at radius 2 is 2.53 bits per heavy atom. The largest absolute Gasteiger partial charge is 0.380 e. The minimum absolute atomic E-state index is 0.159. The van der Waals surface area contributed by atoms with E-state index in [9.17, 15) is 0 Å². The van der Waals surface area contributed by atoms with Gasteiger partial charge in [-0.05, 0) is 24.3 Å². The number of ether oxygens (including phenoxy) is 1. The molecule has 0 amide bonds. The Morgan fingerprint density at radius 1 is 1.58 bits per heavy atom. The quantitative estimate of drug-likeness (QED) is 0.932. The van der Waals surface area contributed by atoms with E-state index in [0.717, 1.165) is 25.5 Å². The fourth-order valence-electron chi connectivity index (χ4n) is 2.50. The number of imidazole rings is 1. The maximum absolute atomic E-state index is 5.56. The molecule has 1 fully saturated rings. The number of hydrogen-bond donors (Lipinski definition) is 1. The van der Waals surface area contributed by atoms with Crippen molar-refractivity contribution in [2.24, 2.45) is 7.05 Å². The van der Waals surface area contributed by atoms with Crippen LogP contribution >= 0.6 is 11.3 Å². The maximum Gasteiger partial charge on any atom is 0.131 e. The number of hydrogen-bond acceptors (Lipinski definition) is 4. The first-order valence-corrected chi connectivity index (χ1v) is 7.57. The third kappa shape index (κ3) is 2.88. The first-order chi connectivity index (χ1) is 9.34. The summed E-state index contributed by atoms with van der Waals surface area (Å²) >= 11 is 1.77. The van der Waals surface area contributed by atoms with Crippen LogP contribution in [0.3, 0.4) is 0 Å². The Kier molecular flexibility index (Phi) is 3.96. The summed E-state index contributed by atoms with van der Waals surface area (Å²) in [4.78, 5) is 5.81. The van der Waals surface area contributed by atoms with E-state index in [0.29, 0.717) is 6.04 Å². The van der Waals surface area contributed by atoms with Gasteiger partial charge in [0.1, 0.15) is 11.9 Å². The van der Waals surface area contributed by atoms with Gasteiger partial charge in [-0.25, -0.2) is 4.98 Å². The third-order valence-electron chi connectivity index (χ3n) is 3.51. The summed E-state index contributed by atoms with van der Waals surface area (Å²) in [7, 11) is 2.04. The molecule has 102 valence electrons. The van der Waals surface area contributed by atoms with Crippen molar-refractivity contribution < 1.29 is 4.74 Å². The second-order valence-electron chi connectivity index (χ2n) is 4.93. The summed E-state index contributed by atoms with van der Waals surface area (Å²) < 4.78 is 7.65. The van der Waals surface area contributed by atoms with E-state index in [-0.39, 0.29) is 6.04 Å². The molecule has 5 heteroatoms. The molecule has 3 heterocycles. The van der Waals surface area contributed by atoms with E-state index < -0.39 is 0 Å². The van der Waals surface area contributed by atoms with Crippen LogP contribution in [0.4, 0.5) is 0 Å². The van der Waals surface area contributed by atoms with Gasteiger partial charge < -0.3 is 9.30 Å². The van der Waals surface area contributed by atoms with E-state index in [1.165, 1.54) is 11.3 Å². The van der Waals surface area contributed by atoms with Gasteiger partial charge in [0.15, 0.2) is 0 Å². The number of aryl methyl sites for hydroxylation is 1. The summed E-state index contributed by atoms with van der Waals surface area (Å²) in [5.74, 6) is 1.06. The van der Waals surface area contributed by atoms with Crippen LogP contribution < -0.4 is 5.32 Å². The molecular weight excluding hydrogens is 258 g/mol. The molecule has 3 rings (SSSR count). The van der Waals surface area contributed by atoms with Gasteiger partial charge in [0.25, 0.3) is 0 Å². The van der Waals surface area contributed by atoms with Crippen molar-refractivity contribution in [2.45, 2.75) is 24.9 Å². The van der Waals surface area contributed by atoms with Crippen LogP contribution in [0.2, 0.25) is 0 Å². The van der Waals surface area contributed by atoms with E-state index in [2.05, 4.69) is 32.4 Å². The van der Waals surface area contributed by atoms with Gasteiger partial charge in [0, 0.05) is 37.0 Å². The van der Waals surface area contributed by atoms with E-state index >= 15 is 0 Å². The second-order valence-corrected chi connectivity index (χ2v) is 5.90. The molecular formula is C14H19N3OS. The average Bonchev–Trinajstić information content (AvgIpc) is 3.09. The summed E-state index contributed by atoms with van der Waals surface area (Å²) in [5.41, 5.74) is 0. The topological polar surface area (TPSA) is 39.1 Å². The number of thiophene rings is 1. The van der Waals surface area contributed by atoms with E-state index in [1.54, 1.807) is 11.3 Å². The van der Waals surface area contributed by atoms with Gasteiger partial charge in [0.2, 0.25) is 0 Å². The monoisotopic (exact) mass is 277 g/mol. The van der Waals surface area contributed by atoms with Crippen molar-refractivity contribution in [3.63, 3.8) is 0 Å². The van der Waals surface area contributed by atoms with Crippen molar-refractivity contribution in [2.75, 3.05) is 13.2 Å². The normalized spacial score (nSPS) is 21.4. The minimum atomic E-state index is 0.159. The Morgan fingerprint density at radius 3 is 3.16 bits per heavy atom. The minimum Gasteiger partial charge on any atom is -0.380 e. The highest BCUT2D eigenvalue weighted by Gasteiger charge is 2.24. The van der Waals surface area contributed by atoms with Gasteiger partial charge in [-0.1, -0.05) is 6.07 Å². The molecule has 1 N–H and O–H groups in total. The zero-order valence-electron chi connectivity index (χ0n) is 11.1. The van der Waals surface area contributed by atoms with Crippen LogP contribution in [0.15, 0.2) is 29.9 Å². The molecule has 0 aliphatic carbocycles. The van der Waals surface area contributed by atoms with Crippen molar-refractivity contribution in [3.05, 3.63) is 40.6 Å². The Balaban J connectivity index is 1.82. The molecule has 1 saturated heterocycles. The van der Waals surface area contributed by atoms with Gasteiger partial charge in [0.05, 0.1) is 6.61 Å². The van der Waals surface area contributed by atoms with Crippen molar-refractivity contribution in [1.29, 1.82) is 0 Å². The zero-order valence-corrected chi connectivity index (χ0v) is 11.9. The highest BCUT2D eigenvalue weighted by Crippen LogP contribution is 2.26. The van der Waals surface area contributed by atoms with E-state index in [4.69, 9.17) is 4.74 Å². The summed E-state index contributed by atoms with van der Waals surface area (Å²) in [6, 6.07) is 4.83. The zero-order chi connectivity index (χ0) is 13.1. The van der Waals surface area contributed by atoms with Crippen LogP contribution in [0.1, 0.15) is 29.6 Å². The highest BCUT2D eigenvalue weighted by molar-refractivity contribution is 7.10. The van der Waals surface area contributed by atoms with Crippen molar-refractivity contribution in [3.8, 4) is 0 Å². The summed E-state index contributed by atoms with van der Waals surface area (Å²) in [5, 5.41) is 5.82. The van der Waals surface area contributed by atoms with Crippen LogP contribution in [0, 0.1) is 0 Å². The molecule has 0 bridgehead atoms. The lowest BCUT2D eigenvalue weighted by atomic mass is 10.1. The molecule has 19 heavy (non-hydrogen) atoms. The first kappa shape index (κ1) is 12.8. The fourth-order valence-corrected chi connectivity index (χ4v) is 3.28. The number of rotatable bonds is 4. The molecule has 1 aliphatic rings. The molecule has 2 atom stereocenters. The predicted molar refractivity (Wildman–Crippen MR) is 76.3 cm³/mol. The number of nitrogens with one attached hydrogen (secondary N) is 1. The Labute approximate surface area is 117 Å². The Bertz CT molecular complexity index is 503. The maximum atomic E-state index is 5.56. The molecule has 4 nitrogen and oxygen atoms in total. The first-order valence-electron chi connectivity index (χ1n) is 6.69. The number of aromatic nitrogens is 2. The standard InChI is InChI=1S/C14H19N3OS/c1-17-7-6-15-14(17)13(12-5-3-9-19-12)16-11-4-2-8-18-10-11/h3,5-7,9,11,13,16H,2,4,8,10H2,1H3. The molecule has 0 saturated carbocycles. The molecule has 0 radical (unpaired) electrons. The molecule has 0 spiro atoms. The smallest absolute Gasteiger partial charge is 0.131 e. The van der Waals surface area contributed by atoms with Crippen LogP contribution in [0.5, 0.6) is 0 Å². The summed E-state index contributed by atoms with van der Waals surface area (Å²) in [6.45, 7) is 1.69. The lowest BCUT2D eigenvalue weighted by Crippen LogP contribution is -2.40. The van der Waals surface area contributed by atoms with Crippen molar-refractivity contribution in [1.82, 2.24) is 14.9 Å². The summed E-state index contributed by atoms with van der Waals surface area (Å²) in [6.07, 6.45) is 6.16.